The van der Waals surface area contributed by atoms with Gasteiger partial charge in [-0.1, -0.05) is 29.8 Å². The van der Waals surface area contributed by atoms with E-state index in [0.717, 1.165) is 11.1 Å². The van der Waals surface area contributed by atoms with Crippen molar-refractivity contribution in [2.45, 2.75) is 13.0 Å². The normalized spacial score (nSPS) is 16.9. The van der Waals surface area contributed by atoms with Crippen molar-refractivity contribution in [2.24, 2.45) is 7.05 Å². The number of H-pyrrole nitrogens is 1. The fraction of sp³-hybridized carbons (Fsp3) is 0.214. The minimum atomic E-state index is -0.593. The first-order chi connectivity index (χ1) is 9.97. The van der Waals surface area contributed by atoms with Crippen LogP contribution in [-0.4, -0.2) is 15.6 Å². The van der Waals surface area contributed by atoms with Gasteiger partial charge in [-0.3, -0.25) is 19.7 Å². The lowest BCUT2D eigenvalue weighted by atomic mass is 9.98. The van der Waals surface area contributed by atoms with Gasteiger partial charge in [0.05, 0.1) is 11.6 Å². The molecule has 0 bridgehead atoms. The van der Waals surface area contributed by atoms with Crippen molar-refractivity contribution < 1.29 is 4.79 Å². The van der Waals surface area contributed by atoms with Crippen LogP contribution in [0.4, 0.5) is 10.6 Å². The first-order valence-electron chi connectivity index (χ1n) is 6.44. The molecule has 1 aliphatic heterocycles. The van der Waals surface area contributed by atoms with Gasteiger partial charge in [-0.15, -0.1) is 0 Å². The Morgan fingerprint density at radius 1 is 1.10 bits per heavy atom. The highest BCUT2D eigenvalue weighted by atomic mass is 16.2. The molecule has 0 aliphatic carbocycles. The Labute approximate surface area is 119 Å². The second-order valence-corrected chi connectivity index (χ2v) is 5.02. The molecule has 2 aromatic rings. The van der Waals surface area contributed by atoms with Crippen molar-refractivity contribution >= 4 is 11.8 Å². The Balaban J connectivity index is 2.25. The molecule has 3 N–H and O–H groups in total. The topological polar surface area (TPSA) is 96.0 Å². The van der Waals surface area contributed by atoms with Gasteiger partial charge in [0.25, 0.3) is 5.56 Å². The third-order valence-corrected chi connectivity index (χ3v) is 3.57. The summed E-state index contributed by atoms with van der Waals surface area (Å²) in [6.45, 7) is 1.95. The van der Waals surface area contributed by atoms with Crippen molar-refractivity contribution in [1.82, 2.24) is 14.9 Å². The fourth-order valence-electron chi connectivity index (χ4n) is 2.41. The first kappa shape index (κ1) is 13.2. The van der Waals surface area contributed by atoms with E-state index in [0.29, 0.717) is 5.56 Å². The van der Waals surface area contributed by atoms with Gasteiger partial charge >= 0.3 is 11.7 Å². The standard InChI is InChI=1S/C14H14N4O3/c1-7-3-5-8(6-4-7)10-9-11(16-13(20)15-10)18(2)14(21)17-12(9)19/h3-6,10H,1-2H3,(H2,15,16,20)(H,17,19,21). The maximum atomic E-state index is 12.1. The molecule has 21 heavy (non-hydrogen) atoms. The molecule has 1 aromatic carbocycles. The smallest absolute Gasteiger partial charge is 0.327 e. The van der Waals surface area contributed by atoms with Crippen LogP contribution in [0, 0.1) is 6.92 Å². The SMILES string of the molecule is Cc1ccc(C2NC(=O)Nc3c2c(=O)[nH]c(=O)n3C)cc1. The number of nitrogens with zero attached hydrogens (tertiary/aromatic N) is 1. The average molecular weight is 286 g/mol. The summed E-state index contributed by atoms with van der Waals surface area (Å²) in [5, 5.41) is 5.22. The predicted molar refractivity (Wildman–Crippen MR) is 77.5 cm³/mol. The van der Waals surface area contributed by atoms with E-state index in [9.17, 15) is 14.4 Å². The molecule has 0 saturated carbocycles. The van der Waals surface area contributed by atoms with Crippen molar-refractivity contribution in [3.8, 4) is 0 Å². The van der Waals surface area contributed by atoms with E-state index in [1.165, 1.54) is 11.6 Å². The summed E-state index contributed by atoms with van der Waals surface area (Å²) in [7, 11) is 1.49. The maximum absolute atomic E-state index is 12.1. The highest BCUT2D eigenvalue weighted by molar-refractivity contribution is 5.92. The van der Waals surface area contributed by atoms with Gasteiger partial charge in [-0.05, 0) is 12.5 Å². The number of aromatic nitrogens is 2. The molecule has 1 aliphatic rings. The Morgan fingerprint density at radius 2 is 1.76 bits per heavy atom. The van der Waals surface area contributed by atoms with E-state index >= 15 is 0 Å². The number of aryl methyl sites for hydroxylation is 1. The number of carbonyl (C=O) groups excluding carboxylic acids is 1. The lowest BCUT2D eigenvalue weighted by Gasteiger charge is -2.27. The maximum Gasteiger partial charge on any atom is 0.329 e. The second kappa shape index (κ2) is 4.62. The van der Waals surface area contributed by atoms with E-state index < -0.39 is 23.3 Å². The summed E-state index contributed by atoms with van der Waals surface area (Å²) in [5.74, 6) is 0.220. The minimum Gasteiger partial charge on any atom is -0.327 e. The van der Waals surface area contributed by atoms with Gasteiger partial charge in [0.15, 0.2) is 0 Å². The van der Waals surface area contributed by atoms with Crippen molar-refractivity contribution in [3.05, 3.63) is 61.8 Å². The van der Waals surface area contributed by atoms with Crippen LogP contribution >= 0.6 is 0 Å². The van der Waals surface area contributed by atoms with Crippen LogP contribution in [0.5, 0.6) is 0 Å². The van der Waals surface area contributed by atoms with Crippen LogP contribution in [0.3, 0.4) is 0 Å². The molecule has 0 fully saturated rings. The third-order valence-electron chi connectivity index (χ3n) is 3.57. The van der Waals surface area contributed by atoms with E-state index in [2.05, 4.69) is 15.6 Å². The quantitative estimate of drug-likeness (QED) is 0.716. The highest BCUT2D eigenvalue weighted by Gasteiger charge is 2.30. The van der Waals surface area contributed by atoms with E-state index in [-0.39, 0.29) is 5.82 Å². The van der Waals surface area contributed by atoms with Crippen molar-refractivity contribution in [3.63, 3.8) is 0 Å². The number of carbonyl (C=O) groups is 1. The molecular weight excluding hydrogens is 272 g/mol. The Bertz CT molecular complexity index is 833. The molecule has 1 unspecified atom stereocenters. The number of fused-ring (bicyclic) bond motifs is 1. The van der Waals surface area contributed by atoms with Crippen LogP contribution in [0.15, 0.2) is 33.9 Å². The van der Waals surface area contributed by atoms with Crippen LogP contribution in [0.1, 0.15) is 22.7 Å². The number of hydrogen-bond acceptors (Lipinski definition) is 3. The van der Waals surface area contributed by atoms with Crippen LogP contribution in [0.2, 0.25) is 0 Å². The summed E-state index contributed by atoms with van der Waals surface area (Å²) < 4.78 is 1.22. The van der Waals surface area contributed by atoms with Crippen molar-refractivity contribution in [1.29, 1.82) is 0 Å². The molecule has 0 spiro atoms. The van der Waals surface area contributed by atoms with Crippen LogP contribution < -0.4 is 21.9 Å². The Hall–Kier alpha value is -2.83. The number of nitrogens with one attached hydrogen (secondary N) is 3. The Kier molecular flexibility index (Phi) is 2.90. The zero-order valence-electron chi connectivity index (χ0n) is 11.6. The number of aromatic amines is 1. The van der Waals surface area contributed by atoms with E-state index in [4.69, 9.17) is 0 Å². The number of hydrogen-bond donors (Lipinski definition) is 3. The molecule has 0 radical (unpaired) electrons. The molecule has 2 heterocycles. The monoisotopic (exact) mass is 286 g/mol. The lowest BCUT2D eigenvalue weighted by molar-refractivity contribution is 0.248. The summed E-state index contributed by atoms with van der Waals surface area (Å²) in [4.78, 5) is 37.8. The third kappa shape index (κ3) is 2.12. The van der Waals surface area contributed by atoms with E-state index in [1.54, 1.807) is 0 Å². The van der Waals surface area contributed by atoms with Crippen molar-refractivity contribution in [2.75, 3.05) is 5.32 Å². The average Bonchev–Trinajstić information content (AvgIpc) is 2.44. The predicted octanol–water partition coefficient (Wildman–Crippen LogP) is 0.607. The molecule has 0 saturated heterocycles. The summed E-state index contributed by atoms with van der Waals surface area (Å²) >= 11 is 0. The number of benzene rings is 1. The molecular formula is C14H14N4O3. The van der Waals surface area contributed by atoms with Crippen LogP contribution in [0.25, 0.3) is 0 Å². The number of rotatable bonds is 1. The van der Waals surface area contributed by atoms with Gasteiger partial charge in [-0.25, -0.2) is 9.59 Å². The largest absolute Gasteiger partial charge is 0.329 e. The lowest BCUT2D eigenvalue weighted by Crippen LogP contribution is -2.46. The molecule has 2 amide bonds. The second-order valence-electron chi connectivity index (χ2n) is 5.02. The molecule has 1 aromatic heterocycles. The highest BCUT2D eigenvalue weighted by Crippen LogP contribution is 2.27. The number of amides is 2. The zero-order chi connectivity index (χ0) is 15.1. The zero-order valence-corrected chi connectivity index (χ0v) is 11.6. The van der Waals surface area contributed by atoms with Gasteiger partial charge in [-0.2, -0.15) is 0 Å². The number of urea groups is 1. The van der Waals surface area contributed by atoms with Gasteiger partial charge in [0.2, 0.25) is 0 Å². The summed E-state index contributed by atoms with van der Waals surface area (Å²) in [5.41, 5.74) is 1.10. The summed E-state index contributed by atoms with van der Waals surface area (Å²) in [6.07, 6.45) is 0. The van der Waals surface area contributed by atoms with Gasteiger partial charge in [0.1, 0.15) is 5.82 Å². The number of anilines is 1. The molecule has 1 atom stereocenters. The first-order valence-corrected chi connectivity index (χ1v) is 6.44. The molecule has 7 heteroatoms. The van der Waals surface area contributed by atoms with Gasteiger partial charge in [0, 0.05) is 7.05 Å². The van der Waals surface area contributed by atoms with Crippen LogP contribution in [-0.2, 0) is 7.05 Å². The Morgan fingerprint density at radius 3 is 2.43 bits per heavy atom. The van der Waals surface area contributed by atoms with Gasteiger partial charge < -0.3 is 5.32 Å². The fourth-order valence-corrected chi connectivity index (χ4v) is 2.41. The molecule has 108 valence electrons. The minimum absolute atomic E-state index is 0.220. The molecule has 7 nitrogen and oxygen atoms in total. The van der Waals surface area contributed by atoms with E-state index in [1.807, 2.05) is 31.2 Å². The summed E-state index contributed by atoms with van der Waals surface area (Å²) in [6, 6.07) is 6.46. The molecule has 3 rings (SSSR count).